The minimum Gasteiger partial charge on any atom is -0.395 e. The van der Waals surface area contributed by atoms with Crippen molar-refractivity contribution in [2.24, 2.45) is 11.7 Å². The van der Waals surface area contributed by atoms with Crippen LogP contribution in [0.4, 0.5) is 0 Å². The van der Waals surface area contributed by atoms with Gasteiger partial charge in [-0.15, -0.1) is 0 Å². The molecule has 0 fully saturated rings. The van der Waals surface area contributed by atoms with Gasteiger partial charge >= 0.3 is 0 Å². The SMILES string of the molecule is CC(CN)COCCN(CCO)CCO. The summed E-state index contributed by atoms with van der Waals surface area (Å²) in [5, 5.41) is 17.5. The third-order valence-corrected chi connectivity index (χ3v) is 2.19. The largest absolute Gasteiger partial charge is 0.395 e. The van der Waals surface area contributed by atoms with E-state index in [4.69, 9.17) is 20.7 Å². The molecule has 0 aliphatic rings. The average Bonchev–Trinajstić information content (AvgIpc) is 2.24. The van der Waals surface area contributed by atoms with E-state index in [2.05, 4.69) is 0 Å². The molecule has 5 heteroatoms. The van der Waals surface area contributed by atoms with Crippen molar-refractivity contribution in [3.63, 3.8) is 0 Å². The van der Waals surface area contributed by atoms with Crippen LogP contribution in [-0.2, 0) is 4.74 Å². The van der Waals surface area contributed by atoms with Crippen LogP contribution in [0.3, 0.4) is 0 Å². The number of aliphatic hydroxyl groups is 2. The number of aliphatic hydroxyl groups excluding tert-OH is 2. The minimum atomic E-state index is 0.110. The fourth-order valence-electron chi connectivity index (χ4n) is 1.16. The van der Waals surface area contributed by atoms with Gasteiger partial charge in [0.25, 0.3) is 0 Å². The molecule has 4 N–H and O–H groups in total. The molecule has 0 bridgehead atoms. The highest BCUT2D eigenvalue weighted by atomic mass is 16.5. The van der Waals surface area contributed by atoms with E-state index >= 15 is 0 Å². The van der Waals surface area contributed by atoms with Gasteiger partial charge in [-0.2, -0.15) is 0 Å². The number of nitrogens with zero attached hydrogens (tertiary/aromatic N) is 1. The van der Waals surface area contributed by atoms with Crippen LogP contribution < -0.4 is 5.73 Å². The highest BCUT2D eigenvalue weighted by Crippen LogP contribution is 1.93. The molecule has 0 heterocycles. The first-order chi connectivity index (χ1) is 7.24. The number of ether oxygens (including phenoxy) is 1. The van der Waals surface area contributed by atoms with Crippen LogP contribution in [0.5, 0.6) is 0 Å². The summed E-state index contributed by atoms with van der Waals surface area (Å²) < 4.78 is 5.42. The highest BCUT2D eigenvalue weighted by molar-refractivity contribution is 4.56. The first-order valence-electron chi connectivity index (χ1n) is 5.46. The lowest BCUT2D eigenvalue weighted by molar-refractivity contribution is 0.0718. The molecule has 1 unspecified atom stereocenters. The van der Waals surface area contributed by atoms with Gasteiger partial charge in [-0.25, -0.2) is 0 Å². The summed E-state index contributed by atoms with van der Waals surface area (Å²) in [6, 6.07) is 0. The Balaban J connectivity index is 3.43. The fraction of sp³-hybridized carbons (Fsp3) is 1.00. The Hall–Kier alpha value is -0.200. The molecule has 0 aliphatic heterocycles. The van der Waals surface area contributed by atoms with Crippen molar-refractivity contribution in [2.45, 2.75) is 6.92 Å². The van der Waals surface area contributed by atoms with Crippen LogP contribution in [0.25, 0.3) is 0 Å². The van der Waals surface area contributed by atoms with Gasteiger partial charge in [-0.05, 0) is 12.5 Å². The van der Waals surface area contributed by atoms with Gasteiger partial charge < -0.3 is 20.7 Å². The Kier molecular flexibility index (Phi) is 10.2. The Morgan fingerprint density at radius 2 is 1.80 bits per heavy atom. The van der Waals surface area contributed by atoms with E-state index in [-0.39, 0.29) is 13.2 Å². The molecule has 0 saturated heterocycles. The van der Waals surface area contributed by atoms with Crippen molar-refractivity contribution < 1.29 is 14.9 Å². The van der Waals surface area contributed by atoms with Crippen LogP contribution in [0, 0.1) is 5.92 Å². The predicted molar refractivity (Wildman–Crippen MR) is 59.6 cm³/mol. The van der Waals surface area contributed by atoms with Gasteiger partial charge in [0.2, 0.25) is 0 Å². The lowest BCUT2D eigenvalue weighted by atomic mass is 10.2. The molecule has 0 spiro atoms. The summed E-state index contributed by atoms with van der Waals surface area (Å²) in [7, 11) is 0. The molecule has 0 radical (unpaired) electrons. The van der Waals surface area contributed by atoms with Gasteiger partial charge in [-0.3, -0.25) is 4.90 Å². The number of hydrogen-bond donors (Lipinski definition) is 3. The summed E-state index contributed by atoms with van der Waals surface area (Å²) in [6.45, 7) is 6.08. The van der Waals surface area contributed by atoms with Gasteiger partial charge in [-0.1, -0.05) is 6.92 Å². The van der Waals surface area contributed by atoms with Crippen LogP contribution >= 0.6 is 0 Å². The first-order valence-corrected chi connectivity index (χ1v) is 5.46. The summed E-state index contributed by atoms with van der Waals surface area (Å²) >= 11 is 0. The number of hydrogen-bond acceptors (Lipinski definition) is 5. The third kappa shape index (κ3) is 8.77. The van der Waals surface area contributed by atoms with Crippen molar-refractivity contribution in [1.29, 1.82) is 0 Å². The molecule has 0 aromatic carbocycles. The predicted octanol–water partition coefficient (Wildman–Crippen LogP) is -1.12. The normalized spacial score (nSPS) is 13.4. The van der Waals surface area contributed by atoms with E-state index in [1.54, 1.807) is 0 Å². The summed E-state index contributed by atoms with van der Waals surface area (Å²) in [5.74, 6) is 0.383. The molecule has 92 valence electrons. The second-order valence-corrected chi connectivity index (χ2v) is 3.70. The van der Waals surface area contributed by atoms with Crippen LogP contribution in [-0.4, -0.2) is 67.7 Å². The maximum atomic E-state index is 8.77. The lowest BCUT2D eigenvalue weighted by Gasteiger charge is -2.20. The number of nitrogens with two attached hydrogens (primary N) is 1. The average molecular weight is 220 g/mol. The molecule has 5 nitrogen and oxygen atoms in total. The Morgan fingerprint density at radius 1 is 1.20 bits per heavy atom. The molecular weight excluding hydrogens is 196 g/mol. The van der Waals surface area contributed by atoms with Gasteiger partial charge in [0.05, 0.1) is 26.4 Å². The summed E-state index contributed by atoms with van der Waals surface area (Å²) in [4.78, 5) is 1.97. The standard InChI is InChI=1S/C10H24N2O3/c1-10(8-11)9-15-7-4-12(2-5-13)3-6-14/h10,13-14H,2-9,11H2,1H3. The molecule has 0 rings (SSSR count). The molecule has 0 aromatic rings. The van der Waals surface area contributed by atoms with Crippen molar-refractivity contribution in [1.82, 2.24) is 4.90 Å². The molecule has 15 heavy (non-hydrogen) atoms. The third-order valence-electron chi connectivity index (χ3n) is 2.19. The summed E-state index contributed by atoms with van der Waals surface area (Å²) in [5.41, 5.74) is 5.45. The Morgan fingerprint density at radius 3 is 2.27 bits per heavy atom. The molecule has 0 amide bonds. The maximum Gasteiger partial charge on any atom is 0.0593 e. The van der Waals surface area contributed by atoms with E-state index in [0.717, 1.165) is 6.54 Å². The van der Waals surface area contributed by atoms with Crippen LogP contribution in [0.2, 0.25) is 0 Å². The van der Waals surface area contributed by atoms with Gasteiger partial charge in [0, 0.05) is 19.6 Å². The zero-order chi connectivity index (χ0) is 11.5. The monoisotopic (exact) mass is 220 g/mol. The quantitative estimate of drug-likeness (QED) is 0.407. The van der Waals surface area contributed by atoms with Crippen molar-refractivity contribution >= 4 is 0 Å². The van der Waals surface area contributed by atoms with E-state index in [1.165, 1.54) is 0 Å². The van der Waals surface area contributed by atoms with Gasteiger partial charge in [0.1, 0.15) is 0 Å². The fourth-order valence-corrected chi connectivity index (χ4v) is 1.16. The molecule has 0 aromatic heterocycles. The van der Waals surface area contributed by atoms with Crippen molar-refractivity contribution in [3.05, 3.63) is 0 Å². The maximum absolute atomic E-state index is 8.77. The Bertz CT molecular complexity index is 130. The van der Waals surface area contributed by atoms with E-state index in [1.807, 2.05) is 11.8 Å². The molecule has 0 aliphatic carbocycles. The summed E-state index contributed by atoms with van der Waals surface area (Å²) in [6.07, 6.45) is 0. The topological polar surface area (TPSA) is 79.0 Å². The first kappa shape index (κ1) is 14.8. The smallest absolute Gasteiger partial charge is 0.0593 e. The second-order valence-electron chi connectivity index (χ2n) is 3.70. The highest BCUT2D eigenvalue weighted by Gasteiger charge is 2.04. The molecule has 0 saturated carbocycles. The van der Waals surface area contributed by atoms with Crippen LogP contribution in [0.15, 0.2) is 0 Å². The lowest BCUT2D eigenvalue weighted by Crippen LogP contribution is -2.33. The zero-order valence-corrected chi connectivity index (χ0v) is 9.56. The second kappa shape index (κ2) is 10.3. The van der Waals surface area contributed by atoms with Crippen molar-refractivity contribution in [2.75, 3.05) is 52.6 Å². The minimum absolute atomic E-state index is 0.110. The van der Waals surface area contributed by atoms with Crippen molar-refractivity contribution in [3.8, 4) is 0 Å². The van der Waals surface area contributed by atoms with Crippen LogP contribution in [0.1, 0.15) is 6.92 Å². The molecule has 1 atom stereocenters. The zero-order valence-electron chi connectivity index (χ0n) is 9.56. The van der Waals surface area contributed by atoms with E-state index in [0.29, 0.717) is 38.8 Å². The van der Waals surface area contributed by atoms with Gasteiger partial charge in [0.15, 0.2) is 0 Å². The molecular formula is C10H24N2O3. The van der Waals surface area contributed by atoms with E-state index < -0.39 is 0 Å². The number of rotatable bonds is 10. The van der Waals surface area contributed by atoms with E-state index in [9.17, 15) is 0 Å². The Labute approximate surface area is 91.8 Å².